The average molecular weight is 268 g/mol. The fraction of sp³-hybridized carbons (Fsp3) is 0.167. The van der Waals surface area contributed by atoms with Gasteiger partial charge in [-0.2, -0.15) is 0 Å². The number of phenols is 1. The quantitative estimate of drug-likeness (QED) is 0.725. The van der Waals surface area contributed by atoms with Crippen molar-refractivity contribution in [3.63, 3.8) is 0 Å². The molecule has 94 valence electrons. The van der Waals surface area contributed by atoms with Gasteiger partial charge in [0, 0.05) is 5.39 Å². The molecule has 0 bridgehead atoms. The first kappa shape index (κ1) is 13.1. The Morgan fingerprint density at radius 2 is 2.00 bits per heavy atom. The zero-order valence-corrected chi connectivity index (χ0v) is 10.4. The van der Waals surface area contributed by atoms with Gasteiger partial charge in [0.25, 0.3) is 0 Å². The number of rotatable bonds is 2. The van der Waals surface area contributed by atoms with E-state index in [1.165, 1.54) is 12.1 Å². The van der Waals surface area contributed by atoms with Gasteiger partial charge in [0.15, 0.2) is 0 Å². The first-order valence-corrected chi connectivity index (χ1v) is 5.83. The number of aryl methyl sites for hydroxylation is 1. The monoisotopic (exact) mass is 268 g/mol. The lowest BCUT2D eigenvalue weighted by Gasteiger charge is -2.13. The summed E-state index contributed by atoms with van der Waals surface area (Å²) in [6.45, 7) is 1.76. The van der Waals surface area contributed by atoms with Crippen LogP contribution < -0.4 is 5.46 Å². The van der Waals surface area contributed by atoms with Crippen LogP contribution in [0.2, 0.25) is 5.02 Å². The number of halogens is 2. The Morgan fingerprint density at radius 3 is 2.56 bits per heavy atom. The molecule has 6 heteroatoms. The Balaban J connectivity index is 2.99. The molecule has 2 aromatic rings. The van der Waals surface area contributed by atoms with Crippen LogP contribution in [0, 0.1) is 5.82 Å². The van der Waals surface area contributed by atoms with E-state index in [1.807, 2.05) is 0 Å². The molecule has 3 nitrogen and oxygen atoms in total. The van der Waals surface area contributed by atoms with E-state index in [-0.39, 0.29) is 16.2 Å². The van der Waals surface area contributed by atoms with E-state index in [2.05, 4.69) is 0 Å². The molecule has 3 N–H and O–H groups in total. The van der Waals surface area contributed by atoms with Crippen molar-refractivity contribution in [2.24, 2.45) is 0 Å². The molecular formula is C12H11BClFO3. The van der Waals surface area contributed by atoms with Gasteiger partial charge < -0.3 is 15.2 Å². The Morgan fingerprint density at radius 1 is 1.33 bits per heavy atom. The number of aromatic hydroxyl groups is 1. The van der Waals surface area contributed by atoms with E-state index in [1.54, 1.807) is 6.92 Å². The molecule has 0 fully saturated rings. The minimum Gasteiger partial charge on any atom is -0.506 e. The van der Waals surface area contributed by atoms with Crippen LogP contribution in [-0.2, 0) is 6.42 Å². The molecule has 2 aromatic carbocycles. The number of benzene rings is 2. The molecular weight excluding hydrogens is 257 g/mol. The van der Waals surface area contributed by atoms with Crippen molar-refractivity contribution < 1.29 is 19.5 Å². The highest BCUT2D eigenvalue weighted by Gasteiger charge is 2.22. The van der Waals surface area contributed by atoms with Crippen molar-refractivity contribution in [1.29, 1.82) is 0 Å². The second-order valence-corrected chi connectivity index (χ2v) is 4.35. The molecule has 0 aromatic heterocycles. The minimum absolute atomic E-state index is 0.0447. The normalized spacial score (nSPS) is 10.9. The van der Waals surface area contributed by atoms with Crippen molar-refractivity contribution in [1.82, 2.24) is 0 Å². The molecule has 18 heavy (non-hydrogen) atoms. The minimum atomic E-state index is -1.80. The summed E-state index contributed by atoms with van der Waals surface area (Å²) in [5.74, 6) is -0.699. The van der Waals surface area contributed by atoms with Crippen molar-refractivity contribution >= 4 is 35.0 Å². The summed E-state index contributed by atoms with van der Waals surface area (Å²) < 4.78 is 13.7. The predicted octanol–water partition coefficient (Wildman–Crippen LogP) is 1.58. The lowest BCUT2D eigenvalue weighted by atomic mass is 9.75. The Labute approximate surface area is 109 Å². The summed E-state index contributed by atoms with van der Waals surface area (Å²) in [5, 5.41) is 29.1. The Bertz CT molecular complexity index is 616. The van der Waals surface area contributed by atoms with E-state index in [0.717, 1.165) is 6.07 Å². The fourth-order valence-corrected chi connectivity index (χ4v) is 2.32. The van der Waals surface area contributed by atoms with Gasteiger partial charge in [0.1, 0.15) is 11.6 Å². The lowest BCUT2D eigenvalue weighted by Crippen LogP contribution is -2.31. The van der Waals surface area contributed by atoms with Crippen LogP contribution >= 0.6 is 11.6 Å². The van der Waals surface area contributed by atoms with Crippen LogP contribution in [0.15, 0.2) is 18.2 Å². The van der Waals surface area contributed by atoms with Gasteiger partial charge in [0.2, 0.25) is 0 Å². The highest BCUT2D eigenvalue weighted by molar-refractivity contribution is 6.62. The standard InChI is InChI=1S/C12H11BClFO3/c1-2-6-9(15)4-3-7-11(6)8(13(17)18)5-10(16)12(7)14/h3-5,16-18H,2H2,1H3. The van der Waals surface area contributed by atoms with E-state index in [9.17, 15) is 19.5 Å². The second kappa shape index (κ2) is 4.76. The Hall–Kier alpha value is -1.30. The molecule has 0 atom stereocenters. The summed E-state index contributed by atoms with van der Waals surface area (Å²) in [7, 11) is -1.80. The van der Waals surface area contributed by atoms with Crippen LogP contribution in [0.25, 0.3) is 10.8 Å². The van der Waals surface area contributed by atoms with Crippen LogP contribution in [-0.4, -0.2) is 22.3 Å². The van der Waals surface area contributed by atoms with Crippen LogP contribution in [0.4, 0.5) is 4.39 Å². The highest BCUT2D eigenvalue weighted by atomic mass is 35.5. The molecule has 0 aliphatic carbocycles. The number of hydrogen-bond acceptors (Lipinski definition) is 3. The van der Waals surface area contributed by atoms with Crippen molar-refractivity contribution in [2.75, 3.05) is 0 Å². The molecule has 0 amide bonds. The third kappa shape index (κ3) is 1.94. The maximum absolute atomic E-state index is 13.7. The van der Waals surface area contributed by atoms with Crippen LogP contribution in [0.5, 0.6) is 5.75 Å². The molecule has 0 heterocycles. The molecule has 0 saturated heterocycles. The fourth-order valence-electron chi connectivity index (χ4n) is 2.11. The zero-order valence-electron chi connectivity index (χ0n) is 9.61. The molecule has 0 aliphatic rings. The van der Waals surface area contributed by atoms with Crippen LogP contribution in [0.3, 0.4) is 0 Å². The third-order valence-corrected chi connectivity index (χ3v) is 3.33. The SMILES string of the molecule is CCc1c(F)ccc2c(Cl)c(O)cc(B(O)O)c12. The van der Waals surface area contributed by atoms with E-state index >= 15 is 0 Å². The topological polar surface area (TPSA) is 60.7 Å². The van der Waals surface area contributed by atoms with Gasteiger partial charge in [-0.05, 0) is 41.0 Å². The summed E-state index contributed by atoms with van der Waals surface area (Å²) >= 11 is 5.95. The van der Waals surface area contributed by atoms with E-state index < -0.39 is 12.9 Å². The van der Waals surface area contributed by atoms with Gasteiger partial charge >= 0.3 is 7.12 Å². The molecule has 2 rings (SSSR count). The van der Waals surface area contributed by atoms with Gasteiger partial charge in [0.05, 0.1) is 5.02 Å². The molecule has 0 spiro atoms. The summed E-state index contributed by atoms with van der Waals surface area (Å²) in [5.41, 5.74) is 0.390. The molecule has 0 aliphatic heterocycles. The van der Waals surface area contributed by atoms with Crippen LogP contribution in [0.1, 0.15) is 12.5 Å². The highest BCUT2D eigenvalue weighted by Crippen LogP contribution is 2.33. The second-order valence-electron chi connectivity index (χ2n) is 3.97. The van der Waals surface area contributed by atoms with E-state index in [4.69, 9.17) is 11.6 Å². The van der Waals surface area contributed by atoms with Crippen molar-refractivity contribution in [3.8, 4) is 5.75 Å². The molecule has 0 saturated carbocycles. The van der Waals surface area contributed by atoms with Gasteiger partial charge in [-0.25, -0.2) is 4.39 Å². The smallest absolute Gasteiger partial charge is 0.489 e. The summed E-state index contributed by atoms with van der Waals surface area (Å²) in [6, 6.07) is 3.81. The number of phenolic OH excluding ortho intramolecular Hbond substituents is 1. The van der Waals surface area contributed by atoms with Gasteiger partial charge in [-0.15, -0.1) is 0 Å². The van der Waals surface area contributed by atoms with E-state index in [0.29, 0.717) is 22.8 Å². The number of fused-ring (bicyclic) bond motifs is 1. The first-order valence-electron chi connectivity index (χ1n) is 5.46. The predicted molar refractivity (Wildman–Crippen MR) is 69.8 cm³/mol. The average Bonchev–Trinajstić information content (AvgIpc) is 2.33. The maximum atomic E-state index is 13.7. The lowest BCUT2D eigenvalue weighted by molar-refractivity contribution is 0.425. The van der Waals surface area contributed by atoms with Crippen molar-refractivity contribution in [3.05, 3.63) is 34.6 Å². The number of hydrogen-bond donors (Lipinski definition) is 3. The van der Waals surface area contributed by atoms with Gasteiger partial charge in [-0.1, -0.05) is 18.5 Å². The third-order valence-electron chi connectivity index (χ3n) is 2.93. The maximum Gasteiger partial charge on any atom is 0.489 e. The van der Waals surface area contributed by atoms with Gasteiger partial charge in [-0.3, -0.25) is 0 Å². The summed E-state index contributed by atoms with van der Waals surface area (Å²) in [4.78, 5) is 0. The Kier molecular flexibility index (Phi) is 3.48. The van der Waals surface area contributed by atoms with Crippen molar-refractivity contribution in [2.45, 2.75) is 13.3 Å². The molecule has 0 radical (unpaired) electrons. The zero-order chi connectivity index (χ0) is 13.4. The first-order chi connectivity index (χ1) is 8.47. The largest absolute Gasteiger partial charge is 0.506 e. The summed E-state index contributed by atoms with van der Waals surface area (Å²) in [6.07, 6.45) is 0.379. The molecule has 0 unspecified atom stereocenters.